The van der Waals surface area contributed by atoms with E-state index in [-0.39, 0.29) is 0 Å². The number of halogens is 14. The summed E-state index contributed by atoms with van der Waals surface area (Å²) in [6.45, 7) is 0. The maximum absolute atomic E-state index is 10.7. The van der Waals surface area contributed by atoms with Crippen molar-refractivity contribution >= 4 is 51.2 Å². The maximum atomic E-state index is 9.87. The van der Waals surface area contributed by atoms with Crippen LogP contribution in [0.25, 0.3) is 0 Å². The molecule has 0 aliphatic rings. The van der Waals surface area contributed by atoms with Gasteiger partial charge in [0, 0.05) is 40.6 Å². The van der Waals surface area contributed by atoms with Crippen molar-refractivity contribution in [1.82, 2.24) is 9.80 Å². The van der Waals surface area contributed by atoms with Gasteiger partial charge < -0.3 is 9.80 Å². The van der Waals surface area contributed by atoms with Gasteiger partial charge in [0.1, 0.15) is 38.3 Å². The van der Waals surface area contributed by atoms with Gasteiger partial charge in [0.05, 0.1) is 0 Å². The van der Waals surface area contributed by atoms with Gasteiger partial charge in [-0.1, -0.05) is 23.2 Å². The van der Waals surface area contributed by atoms with Crippen LogP contribution in [0.4, 0.5) is 50.4 Å². The Morgan fingerprint density at radius 2 is 0.676 bits per heavy atom. The van der Waals surface area contributed by atoms with Gasteiger partial charge >= 0.3 is 66.0 Å². The summed E-state index contributed by atoms with van der Waals surface area (Å²) in [5.74, 6) is 0. The summed E-state index contributed by atoms with van der Waals surface area (Å²) in [5.41, 5.74) is 0. The van der Waals surface area contributed by atoms with E-state index in [2.05, 4.69) is 0 Å². The third-order valence-electron chi connectivity index (χ3n) is 1.53. The zero-order chi connectivity index (χ0) is 29.1. The topological polar surface area (TPSA) is 12.5 Å². The summed E-state index contributed by atoms with van der Waals surface area (Å²) in [6, 6.07) is 0. The van der Waals surface area contributed by atoms with E-state index in [0.717, 1.165) is 10.1 Å². The molecule has 0 aromatic rings. The SMILES string of the molecule is CN(C)/C=C(\Cl)C=[N+](C)C.CN(C)/C=C(\Cl)C=[N+](C)C.F[P-](F)(F)(F)(F)F.F[P-](F)(F)(F)(F)F. The molecule has 0 fully saturated rings. The number of hydrogen-bond acceptors (Lipinski definition) is 2. The molecule has 4 nitrogen and oxygen atoms in total. The van der Waals surface area contributed by atoms with Gasteiger partial charge in [0.15, 0.2) is 12.4 Å². The molecule has 0 saturated heterocycles. The summed E-state index contributed by atoms with van der Waals surface area (Å²) >= 11 is 11.6. The van der Waals surface area contributed by atoms with E-state index in [4.69, 9.17) is 23.2 Å². The Morgan fingerprint density at radius 3 is 0.765 bits per heavy atom. The quantitative estimate of drug-likeness (QED) is 0.136. The zero-order valence-corrected chi connectivity index (χ0v) is 22.6. The van der Waals surface area contributed by atoms with Crippen LogP contribution in [-0.4, -0.2) is 87.8 Å². The van der Waals surface area contributed by atoms with Crippen LogP contribution in [0.3, 0.4) is 0 Å². The van der Waals surface area contributed by atoms with Gasteiger partial charge in [0.2, 0.25) is 0 Å². The Bertz CT molecular complexity index is 671. The van der Waals surface area contributed by atoms with E-state index in [1.165, 1.54) is 0 Å². The fraction of sp³-hybridized carbons (Fsp3) is 0.571. The first-order valence-electron chi connectivity index (χ1n) is 8.17. The first-order chi connectivity index (χ1) is 13.9. The molecule has 0 spiro atoms. The molecule has 0 aromatic carbocycles. The molecule has 0 N–H and O–H groups in total. The van der Waals surface area contributed by atoms with E-state index < -0.39 is 15.6 Å². The van der Waals surface area contributed by atoms with E-state index >= 15 is 0 Å². The molecule has 0 heterocycles. The number of hydrogen-bond donors (Lipinski definition) is 0. The second kappa shape index (κ2) is 11.8. The van der Waals surface area contributed by atoms with Crippen molar-refractivity contribution in [2.45, 2.75) is 0 Å². The molecule has 0 rings (SSSR count). The average molecular weight is 613 g/mol. The van der Waals surface area contributed by atoms with Crippen LogP contribution in [-0.2, 0) is 0 Å². The molecule has 0 aliphatic carbocycles. The third-order valence-corrected chi connectivity index (χ3v) is 1.92. The van der Waals surface area contributed by atoms with Gasteiger partial charge in [-0.25, -0.2) is 9.15 Å². The van der Waals surface area contributed by atoms with E-state index in [1.54, 1.807) is 0 Å². The molecule has 0 radical (unpaired) electrons. The van der Waals surface area contributed by atoms with Crippen LogP contribution in [0.1, 0.15) is 0 Å². The Balaban J connectivity index is -0.000000179. The van der Waals surface area contributed by atoms with Crippen LogP contribution in [0, 0.1) is 0 Å². The van der Waals surface area contributed by atoms with Gasteiger partial charge in [-0.3, -0.25) is 0 Å². The van der Waals surface area contributed by atoms with E-state index in [0.29, 0.717) is 0 Å². The van der Waals surface area contributed by atoms with Gasteiger partial charge in [0.25, 0.3) is 0 Å². The van der Waals surface area contributed by atoms with Crippen LogP contribution in [0.15, 0.2) is 22.5 Å². The molecule has 0 atom stereocenters. The predicted molar refractivity (Wildman–Crippen MR) is 119 cm³/mol. The molecule has 0 aliphatic heterocycles. The van der Waals surface area contributed by atoms with Crippen LogP contribution < -0.4 is 0 Å². The van der Waals surface area contributed by atoms with Gasteiger partial charge in [-0.2, -0.15) is 0 Å². The second-order valence-electron chi connectivity index (χ2n) is 7.06. The first-order valence-corrected chi connectivity index (χ1v) is 13.0. The van der Waals surface area contributed by atoms with Crippen LogP contribution >= 0.6 is 38.8 Å². The second-order valence-corrected chi connectivity index (χ2v) is 11.8. The molecule has 34 heavy (non-hydrogen) atoms. The van der Waals surface area contributed by atoms with Crippen molar-refractivity contribution in [3.8, 4) is 0 Å². The van der Waals surface area contributed by atoms with Crippen molar-refractivity contribution in [3.63, 3.8) is 0 Å². The Hall–Kier alpha value is -0.980. The third kappa shape index (κ3) is 124. The van der Waals surface area contributed by atoms with Crippen molar-refractivity contribution in [2.75, 3.05) is 56.4 Å². The molecule has 0 saturated carbocycles. The van der Waals surface area contributed by atoms with Crippen LogP contribution in [0.2, 0.25) is 0 Å². The monoisotopic (exact) mass is 612 g/mol. The zero-order valence-electron chi connectivity index (χ0n) is 19.3. The Labute approximate surface area is 199 Å². The Kier molecular flexibility index (Phi) is 14.0. The predicted octanol–water partition coefficient (Wildman–Crippen LogP) is 8.71. The normalized spacial score (nSPS) is 16.1. The number of rotatable bonds is 4. The first kappa shape index (κ1) is 40.2. The van der Waals surface area contributed by atoms with Crippen molar-refractivity contribution < 1.29 is 59.5 Å². The van der Waals surface area contributed by atoms with Crippen LogP contribution in [0.5, 0.6) is 0 Å². The molecular formula is C14H28Cl2F12N4P2. The molecule has 20 heteroatoms. The standard InChI is InChI=1S/2C7H14ClN2.2F6P/c2*1-9(2)5-7(8)6-10(3)4;2*1-7(2,3,4,5)6/h2*5-6H,1-4H3;;/q2*+1;2*-1. The van der Waals surface area contributed by atoms with Gasteiger partial charge in [-0.15, -0.1) is 0 Å². The van der Waals surface area contributed by atoms with E-state index in [1.807, 2.05) is 100 Å². The minimum atomic E-state index is -10.7. The van der Waals surface area contributed by atoms with Crippen molar-refractivity contribution in [1.29, 1.82) is 0 Å². The van der Waals surface area contributed by atoms with Crippen molar-refractivity contribution in [3.05, 3.63) is 22.5 Å². The van der Waals surface area contributed by atoms with E-state index in [9.17, 15) is 50.4 Å². The molecular weight excluding hydrogens is 585 g/mol. The minimum absolute atomic E-state index is 0.731. The fourth-order valence-corrected chi connectivity index (χ4v) is 1.83. The molecule has 0 aromatic heterocycles. The molecule has 212 valence electrons. The summed E-state index contributed by atoms with van der Waals surface area (Å²) in [7, 11) is -5.82. The molecule has 0 amide bonds. The molecule has 0 bridgehead atoms. The summed E-state index contributed by atoms with van der Waals surface area (Å²) in [5, 5.41) is 1.46. The summed E-state index contributed by atoms with van der Waals surface area (Å²) in [4.78, 5) is 3.81. The summed E-state index contributed by atoms with van der Waals surface area (Å²) in [6.07, 6.45) is 7.40. The van der Waals surface area contributed by atoms with Crippen molar-refractivity contribution in [2.24, 2.45) is 0 Å². The summed E-state index contributed by atoms with van der Waals surface area (Å²) < 4.78 is 122. The molecule has 0 unspecified atom stereocenters. The number of nitrogens with zero attached hydrogens (tertiary/aromatic N) is 4. The number of allylic oxidation sites excluding steroid dienone is 2. The fourth-order valence-electron chi connectivity index (χ4n) is 1.05. The van der Waals surface area contributed by atoms with Gasteiger partial charge in [-0.05, 0) is 0 Å². The Morgan fingerprint density at radius 1 is 0.529 bits per heavy atom. The average Bonchev–Trinajstić information content (AvgIpc) is 2.25.